The van der Waals surface area contributed by atoms with Gasteiger partial charge in [0.1, 0.15) is 12.4 Å². The van der Waals surface area contributed by atoms with Crippen molar-refractivity contribution < 1.29 is 38.3 Å². The van der Waals surface area contributed by atoms with E-state index in [1.54, 1.807) is 19.1 Å². The van der Waals surface area contributed by atoms with Crippen molar-refractivity contribution >= 4 is 31.3 Å². The summed E-state index contributed by atoms with van der Waals surface area (Å²) in [4.78, 5) is 69.4. The number of Topliss-reactive ketones (excluding diaryl/α,β-unsaturated/α-hetero) is 1. The third-order valence-corrected chi connectivity index (χ3v) is 7.53. The van der Waals surface area contributed by atoms with Crippen LogP contribution in [0.5, 0.6) is 0 Å². The van der Waals surface area contributed by atoms with Crippen LogP contribution < -0.4 is 27.0 Å². The van der Waals surface area contributed by atoms with Crippen LogP contribution in [0, 0.1) is 5.92 Å². The number of benzene rings is 1. The van der Waals surface area contributed by atoms with E-state index >= 15 is 0 Å². The zero-order valence-electron chi connectivity index (χ0n) is 23.6. The highest BCUT2D eigenvalue weighted by Gasteiger charge is 2.45. The monoisotopic (exact) mass is 585 g/mol. The molecule has 0 spiro atoms. The molecule has 0 aromatic heterocycles. The van der Waals surface area contributed by atoms with Gasteiger partial charge >= 0.3 is 13.7 Å². The molecule has 0 aliphatic rings. The van der Waals surface area contributed by atoms with Gasteiger partial charge in [0.2, 0.25) is 11.8 Å². The third-order valence-electron chi connectivity index (χ3n) is 6.21. The van der Waals surface area contributed by atoms with Crippen LogP contribution in [0.15, 0.2) is 30.3 Å². The molecule has 3 amide bonds. The van der Waals surface area contributed by atoms with Crippen LogP contribution in [0.4, 0.5) is 4.79 Å². The number of unbranched alkanes of at least 4 members (excludes halogenated alkanes) is 1. The van der Waals surface area contributed by atoms with E-state index in [9.17, 15) is 33.5 Å². The first kappa shape index (κ1) is 35.2. The number of hydrogen-bond acceptors (Lipinski definition) is 8. The summed E-state index contributed by atoms with van der Waals surface area (Å²) in [6, 6.07) is 8.04. The number of likely N-dealkylation sites (N-methyl/N-ethyl adjacent to an activating group) is 1. The Morgan fingerprint density at radius 3 is 2.27 bits per heavy atom. The Labute approximate surface area is 235 Å². The fraction of sp³-hybridized carbons (Fsp3) is 0.615. The van der Waals surface area contributed by atoms with Gasteiger partial charge in [-0.05, 0) is 43.6 Å². The molecule has 1 rings (SSSR count). The average molecular weight is 586 g/mol. The van der Waals surface area contributed by atoms with Crippen molar-refractivity contribution in [2.45, 2.75) is 76.8 Å². The van der Waals surface area contributed by atoms with Gasteiger partial charge in [0.15, 0.2) is 11.3 Å². The molecule has 0 aliphatic carbocycles. The SMILES string of the molecule is CC[C@H](N[C@@H](CC(C)C)C(=O)[C@@](N)(CCCCNC(=O)CNC(=O)OCc1ccccc1)C(=O)NC)P(=O)(O)O. The number of nitrogens with one attached hydrogen (secondary N) is 4. The van der Waals surface area contributed by atoms with Gasteiger partial charge in [-0.3, -0.25) is 24.3 Å². The molecule has 0 fully saturated rings. The number of rotatable bonds is 18. The molecule has 0 saturated carbocycles. The summed E-state index contributed by atoms with van der Waals surface area (Å²) in [6.45, 7) is 5.27. The lowest BCUT2D eigenvalue weighted by Crippen LogP contribution is -2.64. The lowest BCUT2D eigenvalue weighted by atomic mass is 9.82. The fourth-order valence-electron chi connectivity index (χ4n) is 4.04. The Balaban J connectivity index is 2.63. The minimum atomic E-state index is -4.54. The minimum Gasteiger partial charge on any atom is -0.445 e. The summed E-state index contributed by atoms with van der Waals surface area (Å²) in [5, 5.41) is 10.2. The first-order valence-corrected chi connectivity index (χ1v) is 15.0. The number of hydrogen-bond donors (Lipinski definition) is 7. The van der Waals surface area contributed by atoms with Gasteiger partial charge in [0.05, 0.1) is 12.6 Å². The van der Waals surface area contributed by atoms with Crippen molar-refractivity contribution in [2.75, 3.05) is 20.1 Å². The first-order chi connectivity index (χ1) is 18.7. The van der Waals surface area contributed by atoms with Gasteiger partial charge in [-0.15, -0.1) is 0 Å². The lowest BCUT2D eigenvalue weighted by Gasteiger charge is -2.33. The van der Waals surface area contributed by atoms with Gasteiger partial charge < -0.3 is 36.2 Å². The summed E-state index contributed by atoms with van der Waals surface area (Å²) in [5.41, 5.74) is 5.22. The van der Waals surface area contributed by atoms with Crippen LogP contribution in [0.25, 0.3) is 0 Å². The molecule has 0 radical (unpaired) electrons. The minimum absolute atomic E-state index is 0.0240. The maximum Gasteiger partial charge on any atom is 0.407 e. The van der Waals surface area contributed by atoms with Crippen molar-refractivity contribution in [3.63, 3.8) is 0 Å². The first-order valence-electron chi connectivity index (χ1n) is 13.3. The molecule has 0 saturated heterocycles. The summed E-state index contributed by atoms with van der Waals surface area (Å²) >= 11 is 0. The van der Waals surface area contributed by atoms with Gasteiger partial charge in [-0.2, -0.15) is 0 Å². The second-order valence-electron chi connectivity index (χ2n) is 10.00. The number of ketones is 1. The molecule has 0 aliphatic heterocycles. The molecular formula is C26H44N5O8P. The van der Waals surface area contributed by atoms with Crippen LogP contribution >= 0.6 is 7.60 Å². The number of ether oxygens (including phenoxy) is 1. The van der Waals surface area contributed by atoms with Crippen molar-refractivity contribution in [1.82, 2.24) is 21.3 Å². The maximum atomic E-state index is 13.5. The van der Waals surface area contributed by atoms with Crippen LogP contribution in [-0.2, 0) is 30.3 Å². The van der Waals surface area contributed by atoms with Gasteiger partial charge in [-0.25, -0.2) is 4.79 Å². The number of nitrogens with two attached hydrogens (primary N) is 1. The van der Waals surface area contributed by atoms with Gasteiger partial charge in [-0.1, -0.05) is 51.1 Å². The zero-order valence-corrected chi connectivity index (χ0v) is 24.5. The van der Waals surface area contributed by atoms with E-state index in [0.29, 0.717) is 12.8 Å². The summed E-state index contributed by atoms with van der Waals surface area (Å²) in [5.74, 6) is -3.09. The second-order valence-corrected chi connectivity index (χ2v) is 11.8. The third kappa shape index (κ3) is 12.1. The van der Waals surface area contributed by atoms with Gasteiger partial charge in [0, 0.05) is 13.6 Å². The zero-order chi connectivity index (χ0) is 30.3. The molecule has 0 heterocycles. The molecular weight excluding hydrogens is 541 g/mol. The number of carbonyl (C=O) groups excluding carboxylic acids is 4. The van der Waals surface area contributed by atoms with E-state index in [1.165, 1.54) is 7.05 Å². The Morgan fingerprint density at radius 1 is 1.07 bits per heavy atom. The maximum absolute atomic E-state index is 13.5. The van der Waals surface area contributed by atoms with E-state index in [1.807, 2.05) is 32.0 Å². The largest absolute Gasteiger partial charge is 0.445 e. The molecule has 3 atom stereocenters. The summed E-state index contributed by atoms with van der Waals surface area (Å²) in [7, 11) is -3.19. The van der Waals surface area contributed by atoms with E-state index in [-0.39, 0.29) is 44.9 Å². The van der Waals surface area contributed by atoms with Crippen LogP contribution in [0.1, 0.15) is 58.4 Å². The Kier molecular flexibility index (Phi) is 15.0. The Morgan fingerprint density at radius 2 is 1.73 bits per heavy atom. The molecule has 1 aromatic carbocycles. The van der Waals surface area contributed by atoms with Gasteiger partial charge in [0.25, 0.3) is 0 Å². The lowest BCUT2D eigenvalue weighted by molar-refractivity contribution is -0.137. The van der Waals surface area contributed by atoms with Crippen LogP contribution in [0.3, 0.4) is 0 Å². The number of carbonyl (C=O) groups is 4. The molecule has 8 N–H and O–H groups in total. The Bertz CT molecular complexity index is 1020. The predicted octanol–water partition coefficient (Wildman–Crippen LogP) is 1.13. The topological polar surface area (TPSA) is 209 Å². The Hall–Kier alpha value is -2.83. The number of amides is 3. The fourth-order valence-corrected chi connectivity index (χ4v) is 4.89. The number of alkyl carbamates (subject to hydrolysis) is 1. The van der Waals surface area contributed by atoms with Crippen molar-refractivity contribution in [2.24, 2.45) is 11.7 Å². The highest BCUT2D eigenvalue weighted by molar-refractivity contribution is 7.52. The molecule has 0 unspecified atom stereocenters. The van der Waals surface area contributed by atoms with Crippen molar-refractivity contribution in [3.8, 4) is 0 Å². The molecule has 226 valence electrons. The molecule has 0 bridgehead atoms. The van der Waals surface area contributed by atoms with Crippen LogP contribution in [-0.4, -0.2) is 71.0 Å². The normalized spacial score (nSPS) is 14.5. The van der Waals surface area contributed by atoms with E-state index in [4.69, 9.17) is 10.5 Å². The quantitative estimate of drug-likeness (QED) is 0.0742. The molecule has 40 heavy (non-hydrogen) atoms. The smallest absolute Gasteiger partial charge is 0.407 e. The predicted molar refractivity (Wildman–Crippen MR) is 150 cm³/mol. The van der Waals surface area contributed by atoms with Crippen LogP contribution in [0.2, 0.25) is 0 Å². The van der Waals surface area contributed by atoms with Crippen molar-refractivity contribution in [1.29, 1.82) is 0 Å². The average Bonchev–Trinajstić information content (AvgIpc) is 2.91. The highest BCUT2D eigenvalue weighted by Crippen LogP contribution is 2.41. The second kappa shape index (κ2) is 17.1. The highest BCUT2D eigenvalue weighted by atomic mass is 31.2. The summed E-state index contributed by atoms with van der Waals surface area (Å²) < 4.78 is 16.9. The van der Waals surface area contributed by atoms with E-state index in [2.05, 4.69) is 21.3 Å². The molecule has 1 aromatic rings. The van der Waals surface area contributed by atoms with Crippen molar-refractivity contribution in [3.05, 3.63) is 35.9 Å². The van der Waals surface area contributed by atoms with E-state index < -0.39 is 48.7 Å². The molecule has 13 nitrogen and oxygen atoms in total. The van der Waals surface area contributed by atoms with E-state index in [0.717, 1.165) is 5.56 Å². The standard InChI is InChI=1S/C26H44N5O8P/c1-5-22(40(36,37)38)31-20(15-18(2)3)23(33)26(27,24(34)28-4)13-9-10-14-29-21(32)16-30-25(35)39-17-19-11-7-6-8-12-19/h6-8,11-12,18,20,22,31H,5,9-10,13-17,27H2,1-4H3,(H,28,34)(H,29,32)(H,30,35)(H2,36,37,38)/t20-,22+,26-/m0/s1. The molecule has 14 heteroatoms. The summed E-state index contributed by atoms with van der Waals surface area (Å²) in [6.07, 6.45) is 0.201.